The normalized spacial score (nSPS) is 19.8. The van der Waals surface area contributed by atoms with Crippen LogP contribution < -0.4 is 5.32 Å². The molecule has 0 saturated carbocycles. The third-order valence-corrected chi connectivity index (χ3v) is 4.02. The highest BCUT2D eigenvalue weighted by atomic mass is 16.5. The molecule has 1 aliphatic heterocycles. The number of hydrogen-bond acceptors (Lipinski definition) is 5. The summed E-state index contributed by atoms with van der Waals surface area (Å²) in [6, 6.07) is 10.5. The summed E-state index contributed by atoms with van der Waals surface area (Å²) in [6.07, 6.45) is 3.80. The van der Waals surface area contributed by atoms with E-state index in [2.05, 4.69) is 20.4 Å². The summed E-state index contributed by atoms with van der Waals surface area (Å²) in [6.45, 7) is 2.90. The van der Waals surface area contributed by atoms with Crippen molar-refractivity contribution in [3.8, 4) is 11.5 Å². The van der Waals surface area contributed by atoms with Crippen molar-refractivity contribution in [3.63, 3.8) is 0 Å². The fraction of sp³-hybridized carbons (Fsp3) is 0.500. The molecule has 1 aromatic heterocycles. The summed E-state index contributed by atoms with van der Waals surface area (Å²) in [5.41, 5.74) is 0.974. The number of likely N-dealkylation sites (tertiary alicyclic amines) is 1. The van der Waals surface area contributed by atoms with Gasteiger partial charge in [-0.3, -0.25) is 4.90 Å². The molecule has 0 radical (unpaired) electrons. The molecule has 5 nitrogen and oxygen atoms in total. The molecule has 3 rings (SSSR count). The van der Waals surface area contributed by atoms with Crippen molar-refractivity contribution in [2.24, 2.45) is 0 Å². The number of nitrogens with one attached hydrogen (secondary N) is 1. The molecule has 0 bridgehead atoms. The van der Waals surface area contributed by atoms with Crippen LogP contribution >= 0.6 is 0 Å². The molecular formula is C16H22N4O. The standard InChI is InChI=1S/C16H22N4O/c1-17-11-14-9-5-6-10-20(14)12-15-18-16(21-19-15)13-7-3-2-4-8-13/h2-4,7-8,14,17H,5-6,9-12H2,1H3. The van der Waals surface area contributed by atoms with Gasteiger partial charge in [-0.2, -0.15) is 4.98 Å². The van der Waals surface area contributed by atoms with Crippen molar-refractivity contribution in [2.75, 3.05) is 20.1 Å². The molecule has 1 fully saturated rings. The van der Waals surface area contributed by atoms with E-state index in [0.29, 0.717) is 11.9 Å². The molecular weight excluding hydrogens is 264 g/mol. The third-order valence-electron chi connectivity index (χ3n) is 4.02. The molecule has 1 N–H and O–H groups in total. The monoisotopic (exact) mass is 286 g/mol. The first kappa shape index (κ1) is 14.2. The Morgan fingerprint density at radius 2 is 2.14 bits per heavy atom. The van der Waals surface area contributed by atoms with Gasteiger partial charge in [0.15, 0.2) is 5.82 Å². The fourth-order valence-corrected chi connectivity index (χ4v) is 2.93. The average molecular weight is 286 g/mol. The van der Waals surface area contributed by atoms with Crippen LogP contribution in [0.4, 0.5) is 0 Å². The Morgan fingerprint density at radius 3 is 2.95 bits per heavy atom. The van der Waals surface area contributed by atoms with Crippen LogP contribution in [0.3, 0.4) is 0 Å². The van der Waals surface area contributed by atoms with E-state index in [9.17, 15) is 0 Å². The first-order valence-electron chi connectivity index (χ1n) is 7.63. The van der Waals surface area contributed by atoms with Gasteiger partial charge in [0.05, 0.1) is 6.54 Å². The summed E-state index contributed by atoms with van der Waals surface area (Å²) in [4.78, 5) is 6.99. The highest BCUT2D eigenvalue weighted by molar-refractivity contribution is 5.51. The van der Waals surface area contributed by atoms with Crippen molar-refractivity contribution in [2.45, 2.75) is 31.8 Å². The summed E-state index contributed by atoms with van der Waals surface area (Å²) in [5, 5.41) is 7.41. The van der Waals surface area contributed by atoms with Gasteiger partial charge in [-0.05, 0) is 38.6 Å². The molecule has 1 atom stereocenters. The molecule has 0 amide bonds. The van der Waals surface area contributed by atoms with Crippen molar-refractivity contribution in [3.05, 3.63) is 36.2 Å². The number of hydrogen-bond donors (Lipinski definition) is 1. The fourth-order valence-electron chi connectivity index (χ4n) is 2.93. The van der Waals surface area contributed by atoms with Crippen molar-refractivity contribution in [1.29, 1.82) is 0 Å². The van der Waals surface area contributed by atoms with Crippen LogP contribution in [0.15, 0.2) is 34.9 Å². The van der Waals surface area contributed by atoms with Crippen molar-refractivity contribution < 1.29 is 4.52 Å². The quantitative estimate of drug-likeness (QED) is 0.914. The van der Waals surface area contributed by atoms with Crippen molar-refractivity contribution >= 4 is 0 Å². The van der Waals surface area contributed by atoms with Gasteiger partial charge in [0.25, 0.3) is 5.89 Å². The number of nitrogens with zero attached hydrogens (tertiary/aromatic N) is 3. The van der Waals surface area contributed by atoms with Crippen LogP contribution in [-0.2, 0) is 6.54 Å². The van der Waals surface area contributed by atoms with E-state index < -0.39 is 0 Å². The van der Waals surface area contributed by atoms with E-state index in [1.54, 1.807) is 0 Å². The Kier molecular flexibility index (Phi) is 4.62. The Bertz CT molecular complexity index is 552. The van der Waals surface area contributed by atoms with Crippen LogP contribution in [0.1, 0.15) is 25.1 Å². The number of likely N-dealkylation sites (N-methyl/N-ethyl adjacent to an activating group) is 1. The van der Waals surface area contributed by atoms with E-state index >= 15 is 0 Å². The maximum Gasteiger partial charge on any atom is 0.257 e. The largest absolute Gasteiger partial charge is 0.334 e. The third kappa shape index (κ3) is 3.49. The van der Waals surface area contributed by atoms with Crippen LogP contribution in [0.5, 0.6) is 0 Å². The maximum absolute atomic E-state index is 5.38. The molecule has 21 heavy (non-hydrogen) atoms. The zero-order valence-corrected chi connectivity index (χ0v) is 12.5. The predicted molar refractivity (Wildman–Crippen MR) is 81.7 cm³/mol. The zero-order chi connectivity index (χ0) is 14.5. The molecule has 0 aliphatic carbocycles. The zero-order valence-electron chi connectivity index (χ0n) is 12.5. The van der Waals surface area contributed by atoms with Gasteiger partial charge < -0.3 is 9.84 Å². The number of benzene rings is 1. The van der Waals surface area contributed by atoms with Gasteiger partial charge in [-0.25, -0.2) is 0 Å². The minimum atomic E-state index is 0.572. The first-order valence-corrected chi connectivity index (χ1v) is 7.63. The summed E-state index contributed by atoms with van der Waals surface area (Å²) < 4.78 is 5.38. The number of aromatic nitrogens is 2. The SMILES string of the molecule is CNCC1CCCCN1Cc1noc(-c2ccccc2)n1. The Hall–Kier alpha value is -1.72. The molecule has 2 aromatic rings. The Morgan fingerprint density at radius 1 is 1.29 bits per heavy atom. The lowest BCUT2D eigenvalue weighted by molar-refractivity contribution is 0.134. The molecule has 1 saturated heterocycles. The first-order chi connectivity index (χ1) is 10.4. The molecule has 2 heterocycles. The molecule has 1 aromatic carbocycles. The second-order valence-electron chi connectivity index (χ2n) is 5.56. The van der Waals surface area contributed by atoms with E-state index in [-0.39, 0.29) is 0 Å². The lowest BCUT2D eigenvalue weighted by Gasteiger charge is -2.34. The van der Waals surface area contributed by atoms with Crippen LogP contribution in [-0.4, -0.2) is 41.2 Å². The minimum Gasteiger partial charge on any atom is -0.334 e. The van der Waals surface area contributed by atoms with Gasteiger partial charge in [0, 0.05) is 18.2 Å². The topological polar surface area (TPSA) is 54.2 Å². The Labute approximate surface area is 125 Å². The number of piperidine rings is 1. The van der Waals surface area contributed by atoms with Crippen LogP contribution in [0.2, 0.25) is 0 Å². The summed E-state index contributed by atoms with van der Waals surface area (Å²) in [7, 11) is 2.01. The van der Waals surface area contributed by atoms with Crippen LogP contribution in [0.25, 0.3) is 11.5 Å². The lowest BCUT2D eigenvalue weighted by atomic mass is 10.0. The highest BCUT2D eigenvalue weighted by Crippen LogP contribution is 2.20. The van der Waals surface area contributed by atoms with E-state index in [0.717, 1.165) is 31.0 Å². The Balaban J connectivity index is 1.69. The maximum atomic E-state index is 5.38. The smallest absolute Gasteiger partial charge is 0.257 e. The second kappa shape index (κ2) is 6.83. The molecule has 5 heteroatoms. The summed E-state index contributed by atoms with van der Waals surface area (Å²) in [5.74, 6) is 1.38. The minimum absolute atomic E-state index is 0.572. The van der Waals surface area contributed by atoms with Gasteiger partial charge >= 0.3 is 0 Å². The lowest BCUT2D eigenvalue weighted by Crippen LogP contribution is -2.44. The van der Waals surface area contributed by atoms with E-state index in [1.807, 2.05) is 37.4 Å². The molecule has 1 unspecified atom stereocenters. The molecule has 112 valence electrons. The van der Waals surface area contributed by atoms with Crippen molar-refractivity contribution in [1.82, 2.24) is 20.4 Å². The molecule has 0 spiro atoms. The van der Waals surface area contributed by atoms with Crippen LogP contribution in [0, 0.1) is 0 Å². The van der Waals surface area contributed by atoms with Gasteiger partial charge in [0.2, 0.25) is 0 Å². The van der Waals surface area contributed by atoms with E-state index in [4.69, 9.17) is 4.52 Å². The predicted octanol–water partition coefficient (Wildman–Crippen LogP) is 2.31. The molecule has 1 aliphatic rings. The second-order valence-corrected chi connectivity index (χ2v) is 5.56. The number of rotatable bonds is 5. The van der Waals surface area contributed by atoms with Gasteiger partial charge in [-0.15, -0.1) is 0 Å². The summed E-state index contributed by atoms with van der Waals surface area (Å²) >= 11 is 0. The van der Waals surface area contributed by atoms with E-state index in [1.165, 1.54) is 19.3 Å². The average Bonchev–Trinajstić information content (AvgIpc) is 2.99. The van der Waals surface area contributed by atoms with Gasteiger partial charge in [-0.1, -0.05) is 29.8 Å². The highest BCUT2D eigenvalue weighted by Gasteiger charge is 2.23. The van der Waals surface area contributed by atoms with Gasteiger partial charge in [0.1, 0.15) is 0 Å².